The summed E-state index contributed by atoms with van der Waals surface area (Å²) in [6.45, 7) is 0. The number of alkyl halides is 1. The van der Waals surface area contributed by atoms with Crippen molar-refractivity contribution in [2.24, 2.45) is 5.92 Å². The van der Waals surface area contributed by atoms with Gasteiger partial charge in [0.05, 0.1) is 4.95 Å². The van der Waals surface area contributed by atoms with Gasteiger partial charge in [-0.2, -0.15) is 0 Å². The van der Waals surface area contributed by atoms with E-state index < -0.39 is 6.09 Å². The number of rotatable bonds is 0. The molecule has 0 aromatic carbocycles. The van der Waals surface area contributed by atoms with Crippen LogP contribution < -0.4 is 0 Å². The summed E-state index contributed by atoms with van der Waals surface area (Å²) in [5.41, 5.74) is 0. The van der Waals surface area contributed by atoms with Crippen molar-refractivity contribution in [3.63, 3.8) is 0 Å². The van der Waals surface area contributed by atoms with Gasteiger partial charge in [0.15, 0.2) is 0 Å². The number of fused-ring (bicyclic) bond motifs is 1. The third-order valence-electron chi connectivity index (χ3n) is 3.40. The van der Waals surface area contributed by atoms with Crippen LogP contribution in [0.25, 0.3) is 0 Å². The molecule has 5 heteroatoms. The van der Waals surface area contributed by atoms with Gasteiger partial charge in [-0.1, -0.05) is 15.9 Å². The van der Waals surface area contributed by atoms with Gasteiger partial charge in [-0.3, -0.25) is 9.69 Å². The normalized spacial score (nSPS) is 36.2. The summed E-state index contributed by atoms with van der Waals surface area (Å²) < 4.78 is 0. The number of halogens is 1. The molecule has 1 aliphatic heterocycles. The van der Waals surface area contributed by atoms with Crippen molar-refractivity contribution in [2.75, 3.05) is 0 Å². The van der Waals surface area contributed by atoms with Crippen LogP contribution in [-0.2, 0) is 4.79 Å². The summed E-state index contributed by atoms with van der Waals surface area (Å²) >= 11 is 3.37. The summed E-state index contributed by atoms with van der Waals surface area (Å²) in [7, 11) is 0. The number of carbonyl (C=O) groups is 2. The molecule has 0 radical (unpaired) electrons. The average Bonchev–Trinajstić information content (AvgIpc) is 2.17. The number of ketones is 1. The summed E-state index contributed by atoms with van der Waals surface area (Å²) in [6.07, 6.45) is 2.92. The standard InChI is InChI=1S/C10H14BrNO3/c11-9-5-4-6-7(12(9)10(14)15)2-1-3-8(6)13/h6-7,9H,1-5H2,(H,14,15). The highest BCUT2D eigenvalue weighted by Gasteiger charge is 2.43. The maximum atomic E-state index is 11.7. The summed E-state index contributed by atoms with van der Waals surface area (Å²) in [6, 6.07) is -0.0955. The van der Waals surface area contributed by atoms with Crippen molar-refractivity contribution < 1.29 is 14.7 Å². The average molecular weight is 276 g/mol. The van der Waals surface area contributed by atoms with Gasteiger partial charge < -0.3 is 5.11 Å². The first kappa shape index (κ1) is 10.9. The van der Waals surface area contributed by atoms with Crippen molar-refractivity contribution in [1.29, 1.82) is 0 Å². The lowest BCUT2D eigenvalue weighted by Gasteiger charge is -2.44. The molecule has 1 heterocycles. The molecule has 1 saturated heterocycles. The van der Waals surface area contributed by atoms with Crippen LogP contribution in [0.15, 0.2) is 0 Å². The lowest BCUT2D eigenvalue weighted by molar-refractivity contribution is -0.128. The second kappa shape index (κ2) is 4.12. The van der Waals surface area contributed by atoms with Gasteiger partial charge >= 0.3 is 6.09 Å². The molecule has 84 valence electrons. The molecule has 1 saturated carbocycles. The number of likely N-dealkylation sites (tertiary alicyclic amines) is 1. The van der Waals surface area contributed by atoms with Crippen LogP contribution in [0.3, 0.4) is 0 Å². The van der Waals surface area contributed by atoms with E-state index in [-0.39, 0.29) is 22.7 Å². The monoisotopic (exact) mass is 275 g/mol. The zero-order chi connectivity index (χ0) is 11.0. The maximum Gasteiger partial charge on any atom is 0.408 e. The maximum absolute atomic E-state index is 11.7. The van der Waals surface area contributed by atoms with Crippen LogP contribution in [0.1, 0.15) is 32.1 Å². The number of piperidine rings is 1. The third-order valence-corrected chi connectivity index (χ3v) is 4.30. The van der Waals surface area contributed by atoms with Crippen molar-refractivity contribution in [1.82, 2.24) is 4.90 Å². The van der Waals surface area contributed by atoms with E-state index >= 15 is 0 Å². The van der Waals surface area contributed by atoms with Gasteiger partial charge in [0.1, 0.15) is 5.78 Å². The fourth-order valence-corrected chi connectivity index (χ4v) is 3.44. The number of amides is 1. The molecule has 0 aromatic rings. The van der Waals surface area contributed by atoms with E-state index in [2.05, 4.69) is 15.9 Å². The number of nitrogens with zero attached hydrogens (tertiary/aromatic N) is 1. The fourth-order valence-electron chi connectivity index (χ4n) is 2.70. The highest BCUT2D eigenvalue weighted by molar-refractivity contribution is 9.09. The van der Waals surface area contributed by atoms with Gasteiger partial charge in [-0.05, 0) is 25.7 Å². The Balaban J connectivity index is 2.21. The minimum Gasteiger partial charge on any atom is -0.465 e. The summed E-state index contributed by atoms with van der Waals surface area (Å²) in [5, 5.41) is 9.12. The third kappa shape index (κ3) is 1.89. The molecule has 0 aromatic heterocycles. The van der Waals surface area contributed by atoms with E-state index in [0.717, 1.165) is 25.7 Å². The zero-order valence-corrected chi connectivity index (χ0v) is 9.94. The predicted octanol–water partition coefficient (Wildman–Crippen LogP) is 2.22. The molecule has 0 bridgehead atoms. The smallest absolute Gasteiger partial charge is 0.408 e. The quantitative estimate of drug-likeness (QED) is 0.545. The number of Topliss-reactive ketones (excluding diaryl/α,β-unsaturated/α-hetero) is 1. The number of hydrogen-bond donors (Lipinski definition) is 1. The Hall–Kier alpha value is -0.580. The molecule has 2 fully saturated rings. The first-order chi connectivity index (χ1) is 7.11. The van der Waals surface area contributed by atoms with Gasteiger partial charge in [0.2, 0.25) is 0 Å². The van der Waals surface area contributed by atoms with Crippen LogP contribution in [0.2, 0.25) is 0 Å². The van der Waals surface area contributed by atoms with Crippen molar-refractivity contribution in [3.8, 4) is 0 Å². The molecular formula is C10H14BrNO3. The Morgan fingerprint density at radius 2 is 2.13 bits per heavy atom. The Kier molecular flexibility index (Phi) is 3.00. The topological polar surface area (TPSA) is 57.6 Å². The molecule has 3 unspecified atom stereocenters. The summed E-state index contributed by atoms with van der Waals surface area (Å²) in [4.78, 5) is 24.1. The highest BCUT2D eigenvalue weighted by atomic mass is 79.9. The molecule has 15 heavy (non-hydrogen) atoms. The van der Waals surface area contributed by atoms with E-state index in [1.807, 2.05) is 0 Å². The van der Waals surface area contributed by atoms with Gasteiger partial charge in [-0.15, -0.1) is 0 Å². The first-order valence-corrected chi connectivity index (χ1v) is 6.21. The van der Waals surface area contributed by atoms with E-state index in [4.69, 9.17) is 5.11 Å². The van der Waals surface area contributed by atoms with Crippen molar-refractivity contribution in [3.05, 3.63) is 0 Å². The first-order valence-electron chi connectivity index (χ1n) is 5.29. The Morgan fingerprint density at radius 3 is 2.80 bits per heavy atom. The molecule has 0 spiro atoms. The Bertz CT molecular complexity index is 294. The molecular weight excluding hydrogens is 262 g/mol. The largest absolute Gasteiger partial charge is 0.465 e. The second-order valence-corrected chi connectivity index (χ2v) is 5.29. The molecule has 1 N–H and O–H groups in total. The Morgan fingerprint density at radius 1 is 1.40 bits per heavy atom. The molecule has 2 aliphatic rings. The van der Waals surface area contributed by atoms with Crippen LogP contribution in [0.4, 0.5) is 4.79 Å². The van der Waals surface area contributed by atoms with Crippen molar-refractivity contribution >= 4 is 27.8 Å². The van der Waals surface area contributed by atoms with Crippen LogP contribution in [-0.4, -0.2) is 32.9 Å². The molecule has 2 rings (SSSR count). The minimum absolute atomic E-state index is 0.0522. The predicted molar refractivity (Wildman–Crippen MR) is 57.9 cm³/mol. The van der Waals surface area contributed by atoms with Gasteiger partial charge in [0.25, 0.3) is 0 Å². The number of carboxylic acid groups (broad SMARTS) is 1. The van der Waals surface area contributed by atoms with Crippen LogP contribution in [0.5, 0.6) is 0 Å². The molecule has 1 aliphatic carbocycles. The lowest BCUT2D eigenvalue weighted by atomic mass is 9.77. The van der Waals surface area contributed by atoms with Crippen LogP contribution in [0, 0.1) is 5.92 Å². The highest BCUT2D eigenvalue weighted by Crippen LogP contribution is 2.37. The van der Waals surface area contributed by atoms with Gasteiger partial charge in [-0.25, -0.2) is 4.79 Å². The second-order valence-electron chi connectivity index (χ2n) is 4.23. The van der Waals surface area contributed by atoms with E-state index in [9.17, 15) is 9.59 Å². The lowest BCUT2D eigenvalue weighted by Crippen LogP contribution is -2.54. The van der Waals surface area contributed by atoms with Crippen molar-refractivity contribution in [2.45, 2.75) is 43.1 Å². The molecule has 4 nitrogen and oxygen atoms in total. The SMILES string of the molecule is O=C1CCCC2C1CCC(Br)N2C(=O)O. The Labute approximate surface area is 96.8 Å². The van der Waals surface area contributed by atoms with E-state index in [1.165, 1.54) is 4.90 Å². The number of hydrogen-bond acceptors (Lipinski definition) is 2. The van der Waals surface area contributed by atoms with Crippen LogP contribution >= 0.6 is 15.9 Å². The fraction of sp³-hybridized carbons (Fsp3) is 0.800. The van der Waals surface area contributed by atoms with E-state index in [1.54, 1.807) is 0 Å². The summed E-state index contributed by atoms with van der Waals surface area (Å²) in [5.74, 6) is 0.195. The zero-order valence-electron chi connectivity index (χ0n) is 8.36. The molecule has 1 amide bonds. The molecule has 3 atom stereocenters. The minimum atomic E-state index is -0.915. The van der Waals surface area contributed by atoms with E-state index in [0.29, 0.717) is 6.42 Å². The number of carbonyl (C=O) groups excluding carboxylic acids is 1. The van der Waals surface area contributed by atoms with Gasteiger partial charge in [0, 0.05) is 18.4 Å².